The van der Waals surface area contributed by atoms with Crippen LogP contribution in [0.15, 0.2) is 23.0 Å². The molecule has 21 heavy (non-hydrogen) atoms. The molecule has 1 aromatic carbocycles. The highest BCUT2D eigenvalue weighted by molar-refractivity contribution is 5.67. The molecule has 0 spiro atoms. The summed E-state index contributed by atoms with van der Waals surface area (Å²) in [5, 5.41) is 6.67. The van der Waals surface area contributed by atoms with Crippen molar-refractivity contribution in [1.29, 1.82) is 0 Å². The van der Waals surface area contributed by atoms with Gasteiger partial charge in [-0.15, -0.1) is 0 Å². The van der Waals surface area contributed by atoms with Crippen LogP contribution in [0.2, 0.25) is 0 Å². The molecule has 0 unspecified atom stereocenters. The van der Waals surface area contributed by atoms with Gasteiger partial charge < -0.3 is 9.47 Å². The number of nitrogens with one attached hydrogen (secondary N) is 1. The van der Waals surface area contributed by atoms with Gasteiger partial charge in [0.05, 0.1) is 18.9 Å². The van der Waals surface area contributed by atoms with Crippen molar-refractivity contribution in [3.63, 3.8) is 0 Å². The van der Waals surface area contributed by atoms with Crippen molar-refractivity contribution >= 4 is 0 Å². The molecule has 0 aliphatic rings. The minimum Gasteiger partial charge on any atom is -0.490 e. The molecule has 0 radical (unpaired) electrons. The molecule has 112 valence electrons. The lowest BCUT2D eigenvalue weighted by Gasteiger charge is -2.13. The summed E-state index contributed by atoms with van der Waals surface area (Å²) in [6, 6.07) is 5.67. The van der Waals surface area contributed by atoms with Gasteiger partial charge in [0, 0.05) is 11.1 Å². The number of ether oxygens (including phenoxy) is 2. The Morgan fingerprint density at radius 3 is 2.38 bits per heavy atom. The molecular formula is C16H20N2O3. The average molecular weight is 288 g/mol. The van der Waals surface area contributed by atoms with Crippen LogP contribution in [0.25, 0.3) is 11.3 Å². The van der Waals surface area contributed by atoms with E-state index >= 15 is 0 Å². The van der Waals surface area contributed by atoms with Gasteiger partial charge in [0.2, 0.25) is 0 Å². The van der Waals surface area contributed by atoms with Crippen LogP contribution in [0.4, 0.5) is 0 Å². The van der Waals surface area contributed by atoms with E-state index in [0.717, 1.165) is 16.8 Å². The zero-order valence-electron chi connectivity index (χ0n) is 12.8. The Bertz CT molecular complexity index is 692. The summed E-state index contributed by atoms with van der Waals surface area (Å²) >= 11 is 0. The summed E-state index contributed by atoms with van der Waals surface area (Å²) in [4.78, 5) is 11.6. The van der Waals surface area contributed by atoms with Crippen molar-refractivity contribution in [1.82, 2.24) is 10.2 Å². The topological polar surface area (TPSA) is 64.2 Å². The van der Waals surface area contributed by atoms with Crippen LogP contribution >= 0.6 is 0 Å². The van der Waals surface area contributed by atoms with Gasteiger partial charge in [0.25, 0.3) is 5.56 Å². The summed E-state index contributed by atoms with van der Waals surface area (Å²) < 4.78 is 11.2. The fourth-order valence-electron chi connectivity index (χ4n) is 2.10. The molecule has 5 heteroatoms. The van der Waals surface area contributed by atoms with Gasteiger partial charge in [-0.25, -0.2) is 5.10 Å². The minimum atomic E-state index is -0.160. The molecule has 0 amide bonds. The van der Waals surface area contributed by atoms with Crippen molar-refractivity contribution in [3.8, 4) is 22.8 Å². The highest BCUT2D eigenvalue weighted by Crippen LogP contribution is 2.33. The number of aromatic amines is 1. The number of aromatic nitrogens is 2. The third-order valence-corrected chi connectivity index (χ3v) is 3.34. The zero-order chi connectivity index (χ0) is 15.4. The van der Waals surface area contributed by atoms with E-state index in [4.69, 9.17) is 9.47 Å². The van der Waals surface area contributed by atoms with Crippen molar-refractivity contribution in [2.45, 2.75) is 27.7 Å². The lowest BCUT2D eigenvalue weighted by molar-refractivity contribution is 0.288. The average Bonchev–Trinajstić information content (AvgIpc) is 2.47. The first-order chi connectivity index (χ1) is 10.1. The number of benzene rings is 1. The van der Waals surface area contributed by atoms with E-state index < -0.39 is 0 Å². The molecule has 1 aromatic heterocycles. The normalized spacial score (nSPS) is 10.5. The fourth-order valence-corrected chi connectivity index (χ4v) is 2.10. The van der Waals surface area contributed by atoms with Gasteiger partial charge in [0.15, 0.2) is 11.5 Å². The lowest BCUT2D eigenvalue weighted by Crippen LogP contribution is -2.14. The third kappa shape index (κ3) is 3.07. The molecule has 0 aliphatic carbocycles. The maximum atomic E-state index is 11.6. The Morgan fingerprint density at radius 1 is 1.05 bits per heavy atom. The van der Waals surface area contributed by atoms with Gasteiger partial charge in [0.1, 0.15) is 0 Å². The number of hydrogen-bond donors (Lipinski definition) is 1. The largest absolute Gasteiger partial charge is 0.490 e. The van der Waals surface area contributed by atoms with Gasteiger partial charge in [-0.1, -0.05) is 0 Å². The quantitative estimate of drug-likeness (QED) is 0.919. The summed E-state index contributed by atoms with van der Waals surface area (Å²) in [6.07, 6.45) is 0. The minimum absolute atomic E-state index is 0.160. The monoisotopic (exact) mass is 288 g/mol. The second kappa shape index (κ2) is 6.43. The number of H-pyrrole nitrogens is 1. The van der Waals surface area contributed by atoms with Crippen molar-refractivity contribution in [2.24, 2.45) is 0 Å². The van der Waals surface area contributed by atoms with E-state index in [1.165, 1.54) is 0 Å². The number of hydrogen-bond acceptors (Lipinski definition) is 4. The van der Waals surface area contributed by atoms with Crippen molar-refractivity contribution < 1.29 is 9.47 Å². The van der Waals surface area contributed by atoms with Gasteiger partial charge in [-0.3, -0.25) is 4.79 Å². The van der Waals surface area contributed by atoms with Gasteiger partial charge >= 0.3 is 0 Å². The van der Waals surface area contributed by atoms with Crippen molar-refractivity contribution in [2.75, 3.05) is 13.2 Å². The van der Waals surface area contributed by atoms with E-state index in [2.05, 4.69) is 10.2 Å². The van der Waals surface area contributed by atoms with E-state index in [1.54, 1.807) is 6.92 Å². The molecule has 0 aliphatic heterocycles. The van der Waals surface area contributed by atoms with Crippen LogP contribution < -0.4 is 15.0 Å². The predicted octanol–water partition coefficient (Wildman–Crippen LogP) is 2.85. The molecule has 1 N–H and O–H groups in total. The molecule has 2 aromatic rings. The molecule has 2 rings (SSSR count). The Balaban J connectivity index is 2.52. The second-order valence-electron chi connectivity index (χ2n) is 4.68. The Kier molecular flexibility index (Phi) is 4.62. The van der Waals surface area contributed by atoms with Crippen LogP contribution in [-0.2, 0) is 0 Å². The Morgan fingerprint density at radius 2 is 1.71 bits per heavy atom. The summed E-state index contributed by atoms with van der Waals surface area (Å²) in [6.45, 7) is 8.67. The molecule has 5 nitrogen and oxygen atoms in total. The first-order valence-corrected chi connectivity index (χ1v) is 7.04. The van der Waals surface area contributed by atoms with Gasteiger partial charge in [-0.2, -0.15) is 5.10 Å². The summed E-state index contributed by atoms with van der Waals surface area (Å²) in [5.74, 6) is 1.39. The van der Waals surface area contributed by atoms with Gasteiger partial charge in [-0.05, 0) is 51.5 Å². The van der Waals surface area contributed by atoms with E-state index in [1.807, 2.05) is 39.0 Å². The molecule has 0 fully saturated rings. The maximum Gasteiger partial charge on any atom is 0.267 e. The van der Waals surface area contributed by atoms with E-state index in [-0.39, 0.29) is 5.56 Å². The molecule has 0 atom stereocenters. The fraction of sp³-hybridized carbons (Fsp3) is 0.375. The van der Waals surface area contributed by atoms with Crippen LogP contribution in [0, 0.1) is 13.8 Å². The summed E-state index contributed by atoms with van der Waals surface area (Å²) in [5.41, 5.74) is 3.01. The Labute approximate surface area is 123 Å². The highest BCUT2D eigenvalue weighted by Gasteiger charge is 2.12. The predicted molar refractivity (Wildman–Crippen MR) is 82.1 cm³/mol. The molecule has 0 saturated carbocycles. The zero-order valence-corrected chi connectivity index (χ0v) is 12.8. The molecular weight excluding hydrogens is 268 g/mol. The second-order valence-corrected chi connectivity index (χ2v) is 4.68. The lowest BCUT2D eigenvalue weighted by atomic mass is 10.0. The maximum absolute atomic E-state index is 11.6. The smallest absolute Gasteiger partial charge is 0.267 e. The SMILES string of the molecule is CCOc1ccc(-c2n[nH]c(=O)c(C)c2C)cc1OCC. The summed E-state index contributed by atoms with van der Waals surface area (Å²) in [7, 11) is 0. The third-order valence-electron chi connectivity index (χ3n) is 3.34. The highest BCUT2D eigenvalue weighted by atomic mass is 16.5. The number of nitrogens with zero attached hydrogens (tertiary/aromatic N) is 1. The van der Waals surface area contributed by atoms with Crippen molar-refractivity contribution in [3.05, 3.63) is 39.7 Å². The van der Waals surface area contributed by atoms with E-state index in [0.29, 0.717) is 30.3 Å². The van der Waals surface area contributed by atoms with Crippen LogP contribution in [0.3, 0.4) is 0 Å². The molecule has 1 heterocycles. The van der Waals surface area contributed by atoms with E-state index in [9.17, 15) is 4.79 Å². The Hall–Kier alpha value is -2.30. The van der Waals surface area contributed by atoms with Crippen LogP contribution in [-0.4, -0.2) is 23.4 Å². The first-order valence-electron chi connectivity index (χ1n) is 7.04. The molecule has 0 bridgehead atoms. The first kappa shape index (κ1) is 15.1. The van der Waals surface area contributed by atoms with Crippen LogP contribution in [0.5, 0.6) is 11.5 Å². The standard InChI is InChI=1S/C16H20N2O3/c1-5-20-13-8-7-12(9-14(13)21-6-2)15-10(3)11(4)16(19)18-17-15/h7-9H,5-6H2,1-4H3,(H,18,19). The van der Waals surface area contributed by atoms with Crippen LogP contribution in [0.1, 0.15) is 25.0 Å². The molecule has 0 saturated heterocycles. The number of rotatable bonds is 5.